The van der Waals surface area contributed by atoms with Gasteiger partial charge in [-0.2, -0.15) is 13.2 Å². The summed E-state index contributed by atoms with van der Waals surface area (Å²) in [6.07, 6.45) is -1.44. The number of hydrogen-bond acceptors (Lipinski definition) is 3. The van der Waals surface area contributed by atoms with Crippen LogP contribution in [0.15, 0.2) is 47.1 Å². The van der Waals surface area contributed by atoms with Gasteiger partial charge in [-0.15, -0.1) is 0 Å². The molecule has 7 heteroatoms. The van der Waals surface area contributed by atoms with Gasteiger partial charge in [-0.1, -0.05) is 18.7 Å². The topological polar surface area (TPSA) is 63.3 Å². The third-order valence-electron chi connectivity index (χ3n) is 4.22. The predicted molar refractivity (Wildman–Crippen MR) is 78.4 cm³/mol. The summed E-state index contributed by atoms with van der Waals surface area (Å²) in [6, 6.07) is 5.03. The lowest BCUT2D eigenvalue weighted by atomic mass is 9.92. The number of hydrogen-bond donors (Lipinski definition) is 1. The third kappa shape index (κ3) is 2.93. The first kappa shape index (κ1) is 16.3. The molecule has 3 rings (SSSR count). The van der Waals surface area contributed by atoms with Crippen molar-refractivity contribution in [2.24, 2.45) is 0 Å². The van der Waals surface area contributed by atoms with Crippen LogP contribution in [0.5, 0.6) is 0 Å². The zero-order valence-electron chi connectivity index (χ0n) is 12.6. The fourth-order valence-corrected chi connectivity index (χ4v) is 2.67. The molecule has 0 aliphatic heterocycles. The maximum atomic E-state index is 12.7. The standard InChI is InChI=1S/C17H14F3NO3/c1-10(15(22)23)8-14-21-13(9-24-14)16(6-7-16)11-2-4-12(5-3-11)17(18,19)20/h2-5,9H,1,6-8H2,(H,22,23). The van der Waals surface area contributed by atoms with E-state index in [0.717, 1.165) is 30.5 Å². The van der Waals surface area contributed by atoms with E-state index >= 15 is 0 Å². The van der Waals surface area contributed by atoms with Crippen LogP contribution in [0, 0.1) is 0 Å². The number of rotatable bonds is 5. The molecule has 1 saturated carbocycles. The Morgan fingerprint density at radius 2 is 1.92 bits per heavy atom. The molecule has 126 valence electrons. The van der Waals surface area contributed by atoms with Gasteiger partial charge >= 0.3 is 12.1 Å². The minimum absolute atomic E-state index is 0.0155. The van der Waals surface area contributed by atoms with Crippen LogP contribution in [0.3, 0.4) is 0 Å². The summed E-state index contributed by atoms with van der Waals surface area (Å²) in [7, 11) is 0. The molecule has 1 aliphatic rings. The molecule has 24 heavy (non-hydrogen) atoms. The number of oxazole rings is 1. The highest BCUT2D eigenvalue weighted by molar-refractivity contribution is 5.86. The van der Waals surface area contributed by atoms with Crippen molar-refractivity contribution in [2.75, 3.05) is 0 Å². The fourth-order valence-electron chi connectivity index (χ4n) is 2.67. The van der Waals surface area contributed by atoms with Crippen LogP contribution in [0.2, 0.25) is 0 Å². The van der Waals surface area contributed by atoms with Crippen LogP contribution >= 0.6 is 0 Å². The zero-order chi connectivity index (χ0) is 17.5. The van der Waals surface area contributed by atoms with Crippen molar-refractivity contribution in [1.29, 1.82) is 0 Å². The lowest BCUT2D eigenvalue weighted by Gasteiger charge is -2.14. The number of aromatic nitrogens is 1. The summed E-state index contributed by atoms with van der Waals surface area (Å²) in [5.74, 6) is -0.894. The van der Waals surface area contributed by atoms with Gasteiger partial charge in [0, 0.05) is 11.0 Å². The van der Waals surface area contributed by atoms with Gasteiger partial charge in [0.05, 0.1) is 17.7 Å². The SMILES string of the molecule is C=C(Cc1nc(C2(c3ccc(C(F)(F)F)cc3)CC2)co1)C(=O)O. The first-order chi connectivity index (χ1) is 11.2. The minimum atomic E-state index is -4.37. The lowest BCUT2D eigenvalue weighted by Crippen LogP contribution is -2.11. The van der Waals surface area contributed by atoms with Crippen molar-refractivity contribution in [3.8, 4) is 0 Å². The molecule has 1 aromatic heterocycles. The summed E-state index contributed by atoms with van der Waals surface area (Å²) in [4.78, 5) is 15.1. The summed E-state index contributed by atoms with van der Waals surface area (Å²) >= 11 is 0. The molecular weight excluding hydrogens is 323 g/mol. The first-order valence-electron chi connectivity index (χ1n) is 7.26. The molecule has 1 fully saturated rings. The number of carboxylic acids is 1. The molecule has 2 aromatic rings. The van der Waals surface area contributed by atoms with E-state index < -0.39 is 23.1 Å². The normalized spacial score (nSPS) is 16.0. The second-order valence-corrected chi connectivity index (χ2v) is 5.87. The van der Waals surface area contributed by atoms with Gasteiger partial charge in [-0.3, -0.25) is 0 Å². The van der Waals surface area contributed by atoms with E-state index in [1.807, 2.05) is 0 Å². The molecule has 0 unspecified atom stereocenters. The summed E-state index contributed by atoms with van der Waals surface area (Å²) in [5.41, 5.74) is 0.169. The van der Waals surface area contributed by atoms with E-state index in [2.05, 4.69) is 11.6 Å². The molecule has 1 N–H and O–H groups in total. The molecule has 1 aliphatic carbocycles. The van der Waals surface area contributed by atoms with Crippen molar-refractivity contribution in [3.05, 3.63) is 65.4 Å². The van der Waals surface area contributed by atoms with Crippen LogP contribution in [-0.4, -0.2) is 16.1 Å². The smallest absolute Gasteiger partial charge is 0.416 e. The van der Waals surface area contributed by atoms with Gasteiger partial charge in [-0.05, 0) is 30.5 Å². The molecule has 0 saturated heterocycles. The lowest BCUT2D eigenvalue weighted by molar-refractivity contribution is -0.137. The van der Waals surface area contributed by atoms with E-state index in [0.29, 0.717) is 5.69 Å². The molecule has 1 aromatic carbocycles. The molecule has 1 heterocycles. The second-order valence-electron chi connectivity index (χ2n) is 5.87. The van der Waals surface area contributed by atoms with Gasteiger partial charge in [0.1, 0.15) is 6.26 Å². The quantitative estimate of drug-likeness (QED) is 0.839. The Kier molecular flexibility index (Phi) is 3.74. The van der Waals surface area contributed by atoms with Crippen molar-refractivity contribution in [2.45, 2.75) is 30.9 Å². The Morgan fingerprint density at radius 1 is 1.29 bits per heavy atom. The van der Waals surface area contributed by atoms with Crippen LogP contribution in [-0.2, 0) is 22.8 Å². The Bertz CT molecular complexity index is 786. The Labute approximate surface area is 135 Å². The molecule has 0 atom stereocenters. The van der Waals surface area contributed by atoms with E-state index in [-0.39, 0.29) is 17.9 Å². The van der Waals surface area contributed by atoms with Crippen molar-refractivity contribution >= 4 is 5.97 Å². The van der Waals surface area contributed by atoms with Crippen molar-refractivity contribution in [3.63, 3.8) is 0 Å². The summed E-state index contributed by atoms with van der Waals surface area (Å²) in [5, 5.41) is 8.83. The fraction of sp³-hybridized carbons (Fsp3) is 0.294. The molecule has 0 amide bonds. The highest BCUT2D eigenvalue weighted by Gasteiger charge is 2.48. The van der Waals surface area contributed by atoms with Crippen LogP contribution < -0.4 is 0 Å². The molecule has 0 spiro atoms. The predicted octanol–water partition coefficient (Wildman–Crippen LogP) is 3.96. The number of carbonyl (C=O) groups is 1. The van der Waals surface area contributed by atoms with Gasteiger partial charge in [-0.25, -0.2) is 9.78 Å². The largest absolute Gasteiger partial charge is 0.478 e. The van der Waals surface area contributed by atoms with E-state index in [4.69, 9.17) is 9.52 Å². The monoisotopic (exact) mass is 337 g/mol. The van der Waals surface area contributed by atoms with Crippen LogP contribution in [0.25, 0.3) is 0 Å². The Hall–Kier alpha value is -2.57. The number of benzene rings is 1. The summed E-state index contributed by atoms with van der Waals surface area (Å²) in [6.45, 7) is 3.42. The number of alkyl halides is 3. The Balaban J connectivity index is 1.83. The molecule has 0 radical (unpaired) electrons. The molecule has 0 bridgehead atoms. The number of aliphatic carboxylic acids is 1. The van der Waals surface area contributed by atoms with Crippen molar-refractivity contribution < 1.29 is 27.5 Å². The zero-order valence-corrected chi connectivity index (χ0v) is 12.6. The van der Waals surface area contributed by atoms with E-state index in [1.165, 1.54) is 18.4 Å². The summed E-state index contributed by atoms with van der Waals surface area (Å²) < 4.78 is 43.3. The number of carboxylic acid groups (broad SMARTS) is 1. The van der Waals surface area contributed by atoms with E-state index in [9.17, 15) is 18.0 Å². The van der Waals surface area contributed by atoms with Crippen molar-refractivity contribution in [1.82, 2.24) is 4.98 Å². The molecule has 4 nitrogen and oxygen atoms in total. The molecular formula is C17H14F3NO3. The highest BCUT2D eigenvalue weighted by Crippen LogP contribution is 2.53. The van der Waals surface area contributed by atoms with Crippen LogP contribution in [0.4, 0.5) is 13.2 Å². The number of nitrogens with zero attached hydrogens (tertiary/aromatic N) is 1. The minimum Gasteiger partial charge on any atom is -0.478 e. The van der Waals surface area contributed by atoms with Gasteiger partial charge in [0.2, 0.25) is 0 Å². The Morgan fingerprint density at radius 3 is 2.42 bits per heavy atom. The number of halogens is 3. The average molecular weight is 337 g/mol. The average Bonchev–Trinajstić information content (AvgIpc) is 3.20. The van der Waals surface area contributed by atoms with Gasteiger partial charge < -0.3 is 9.52 Å². The first-order valence-corrected chi connectivity index (χ1v) is 7.26. The highest BCUT2D eigenvalue weighted by atomic mass is 19.4. The maximum absolute atomic E-state index is 12.7. The third-order valence-corrected chi connectivity index (χ3v) is 4.22. The van der Waals surface area contributed by atoms with Crippen LogP contribution in [0.1, 0.15) is 35.6 Å². The maximum Gasteiger partial charge on any atom is 0.416 e. The van der Waals surface area contributed by atoms with E-state index in [1.54, 1.807) is 0 Å². The van der Waals surface area contributed by atoms with Gasteiger partial charge in [0.25, 0.3) is 0 Å². The second kappa shape index (κ2) is 5.51. The van der Waals surface area contributed by atoms with Gasteiger partial charge in [0.15, 0.2) is 5.89 Å².